The van der Waals surface area contributed by atoms with Gasteiger partial charge in [-0.25, -0.2) is 0 Å². The van der Waals surface area contributed by atoms with E-state index in [-0.39, 0.29) is 0 Å². The average molecular weight is 515 g/mol. The van der Waals surface area contributed by atoms with Gasteiger partial charge in [0.05, 0.1) is 11.0 Å². The second kappa shape index (κ2) is 9.43. The Labute approximate surface area is 234 Å². The van der Waals surface area contributed by atoms with Crippen molar-refractivity contribution >= 4 is 44.0 Å². The molecule has 0 fully saturated rings. The quantitative estimate of drug-likeness (QED) is 0.247. The fourth-order valence-corrected chi connectivity index (χ4v) is 6.66. The molecule has 6 aromatic carbocycles. The van der Waals surface area contributed by atoms with E-state index in [1.54, 1.807) is 0 Å². The molecule has 1 heterocycles. The Balaban J connectivity index is 1.18. The molecule has 2 nitrogen and oxygen atoms in total. The van der Waals surface area contributed by atoms with Crippen molar-refractivity contribution in [1.82, 2.24) is 4.57 Å². The number of hydrogen-bond acceptors (Lipinski definition) is 1. The maximum atomic E-state index is 3.67. The first kappa shape index (κ1) is 23.1. The van der Waals surface area contributed by atoms with Crippen molar-refractivity contribution in [3.8, 4) is 16.8 Å². The smallest absolute Gasteiger partial charge is 0.0542 e. The SMILES string of the molecule is c1cc2c(c(-n3c4ccccc4c4cc(Nc5ccc(-c6cccc7ccccc67)cc5)ccc43)c1)CCCC2. The van der Waals surface area contributed by atoms with Crippen molar-refractivity contribution in [2.24, 2.45) is 0 Å². The summed E-state index contributed by atoms with van der Waals surface area (Å²) in [6.07, 6.45) is 4.91. The second-order valence-corrected chi connectivity index (χ2v) is 10.9. The minimum absolute atomic E-state index is 1.09. The van der Waals surface area contributed by atoms with Crippen LogP contribution in [-0.4, -0.2) is 4.57 Å². The molecule has 0 aliphatic heterocycles. The van der Waals surface area contributed by atoms with Crippen molar-refractivity contribution in [2.45, 2.75) is 25.7 Å². The summed E-state index contributed by atoms with van der Waals surface area (Å²) in [4.78, 5) is 0. The molecule has 1 aliphatic carbocycles. The Morgan fingerprint density at radius 2 is 1.25 bits per heavy atom. The number of benzene rings is 6. The van der Waals surface area contributed by atoms with E-state index in [1.807, 2.05) is 0 Å². The number of anilines is 2. The molecule has 1 N–H and O–H groups in total. The zero-order valence-corrected chi connectivity index (χ0v) is 22.4. The zero-order chi connectivity index (χ0) is 26.5. The van der Waals surface area contributed by atoms with Gasteiger partial charge in [-0.3, -0.25) is 0 Å². The Bertz CT molecular complexity index is 2020. The molecule has 0 radical (unpaired) electrons. The summed E-state index contributed by atoms with van der Waals surface area (Å²) in [5.41, 5.74) is 11.6. The first-order chi connectivity index (χ1) is 19.8. The number of aryl methyl sites for hydroxylation is 1. The third-order valence-electron chi connectivity index (χ3n) is 8.56. The van der Waals surface area contributed by atoms with Gasteiger partial charge in [0, 0.05) is 27.8 Å². The molecule has 0 atom stereocenters. The summed E-state index contributed by atoms with van der Waals surface area (Å²) in [5.74, 6) is 0. The Hall–Kier alpha value is -4.82. The summed E-state index contributed by atoms with van der Waals surface area (Å²) in [6, 6.07) is 46.4. The Morgan fingerprint density at radius 3 is 2.17 bits per heavy atom. The number of aromatic nitrogens is 1. The molecule has 192 valence electrons. The fourth-order valence-electron chi connectivity index (χ4n) is 6.66. The number of rotatable bonds is 4. The van der Waals surface area contributed by atoms with Gasteiger partial charge in [0.15, 0.2) is 0 Å². The number of para-hydroxylation sites is 1. The van der Waals surface area contributed by atoms with Crippen molar-refractivity contribution in [3.05, 3.63) is 139 Å². The van der Waals surface area contributed by atoms with E-state index in [1.165, 1.54) is 79.8 Å². The third kappa shape index (κ3) is 3.79. The van der Waals surface area contributed by atoms with Gasteiger partial charge in [-0.05, 0) is 101 Å². The van der Waals surface area contributed by atoms with Crippen LogP contribution in [-0.2, 0) is 12.8 Å². The maximum absolute atomic E-state index is 3.67. The zero-order valence-electron chi connectivity index (χ0n) is 22.4. The molecule has 8 rings (SSSR count). The van der Waals surface area contributed by atoms with E-state index >= 15 is 0 Å². The van der Waals surface area contributed by atoms with Crippen LogP contribution in [0.15, 0.2) is 127 Å². The van der Waals surface area contributed by atoms with Gasteiger partial charge >= 0.3 is 0 Å². The molecule has 1 aliphatic rings. The maximum Gasteiger partial charge on any atom is 0.0542 e. The predicted molar refractivity (Wildman–Crippen MR) is 170 cm³/mol. The van der Waals surface area contributed by atoms with E-state index in [0.717, 1.165) is 17.8 Å². The molecule has 40 heavy (non-hydrogen) atoms. The Morgan fingerprint density at radius 1 is 0.525 bits per heavy atom. The molecule has 7 aromatic rings. The van der Waals surface area contributed by atoms with Gasteiger partial charge in [-0.1, -0.05) is 84.9 Å². The van der Waals surface area contributed by atoms with Crippen LogP contribution >= 0.6 is 0 Å². The molecule has 0 saturated carbocycles. The van der Waals surface area contributed by atoms with Crippen molar-refractivity contribution in [2.75, 3.05) is 5.32 Å². The molecule has 0 bridgehead atoms. The van der Waals surface area contributed by atoms with Crippen LogP contribution in [0, 0.1) is 0 Å². The summed E-state index contributed by atoms with van der Waals surface area (Å²) in [6.45, 7) is 0. The number of nitrogens with one attached hydrogen (secondary N) is 1. The second-order valence-electron chi connectivity index (χ2n) is 10.9. The van der Waals surface area contributed by atoms with E-state index < -0.39 is 0 Å². The normalized spacial score (nSPS) is 13.1. The van der Waals surface area contributed by atoms with Gasteiger partial charge in [0.1, 0.15) is 0 Å². The minimum atomic E-state index is 1.09. The summed E-state index contributed by atoms with van der Waals surface area (Å²) < 4.78 is 2.48. The number of fused-ring (bicyclic) bond motifs is 5. The molecular formula is C38H30N2. The topological polar surface area (TPSA) is 17.0 Å². The highest BCUT2D eigenvalue weighted by atomic mass is 15.0. The van der Waals surface area contributed by atoms with Crippen LogP contribution in [0.4, 0.5) is 11.4 Å². The number of hydrogen-bond donors (Lipinski definition) is 1. The van der Waals surface area contributed by atoms with E-state index in [2.05, 4.69) is 137 Å². The molecular weight excluding hydrogens is 484 g/mol. The number of nitrogens with zero attached hydrogens (tertiary/aromatic N) is 1. The standard InChI is InChI=1S/C38H30N2/c1-3-13-31-26(9-1)11-7-16-32(31)28-19-21-29(22-20-28)39-30-23-24-38-35(25-30)34-15-5-6-17-37(34)40(38)36-18-8-12-27-10-2-4-14-33(27)36/h1,3,5-9,11-13,15-25,39H,2,4,10,14H2. The highest BCUT2D eigenvalue weighted by Gasteiger charge is 2.18. The molecule has 0 spiro atoms. The highest BCUT2D eigenvalue weighted by molar-refractivity contribution is 6.10. The predicted octanol–water partition coefficient (Wildman–Crippen LogP) is 10.2. The van der Waals surface area contributed by atoms with Crippen LogP contribution in [0.1, 0.15) is 24.0 Å². The highest BCUT2D eigenvalue weighted by Crippen LogP contribution is 2.37. The van der Waals surface area contributed by atoms with E-state index in [4.69, 9.17) is 0 Å². The van der Waals surface area contributed by atoms with Gasteiger partial charge < -0.3 is 9.88 Å². The fraction of sp³-hybridized carbons (Fsp3) is 0.105. The lowest BCUT2D eigenvalue weighted by Crippen LogP contribution is -2.08. The van der Waals surface area contributed by atoms with Crippen LogP contribution in [0.2, 0.25) is 0 Å². The van der Waals surface area contributed by atoms with Crippen LogP contribution < -0.4 is 5.32 Å². The van der Waals surface area contributed by atoms with Crippen molar-refractivity contribution < 1.29 is 0 Å². The lowest BCUT2D eigenvalue weighted by Gasteiger charge is -2.21. The molecule has 0 amide bonds. The molecule has 0 unspecified atom stereocenters. The van der Waals surface area contributed by atoms with Gasteiger partial charge in [0.25, 0.3) is 0 Å². The largest absolute Gasteiger partial charge is 0.356 e. The monoisotopic (exact) mass is 514 g/mol. The first-order valence-corrected chi connectivity index (χ1v) is 14.3. The van der Waals surface area contributed by atoms with Gasteiger partial charge in [-0.15, -0.1) is 0 Å². The molecule has 0 saturated heterocycles. The molecule has 2 heteroatoms. The lowest BCUT2D eigenvalue weighted by atomic mass is 9.90. The average Bonchev–Trinajstić information content (AvgIpc) is 3.34. The summed E-state index contributed by atoms with van der Waals surface area (Å²) in [7, 11) is 0. The van der Waals surface area contributed by atoms with Gasteiger partial charge in [-0.2, -0.15) is 0 Å². The first-order valence-electron chi connectivity index (χ1n) is 14.3. The van der Waals surface area contributed by atoms with Crippen LogP contribution in [0.3, 0.4) is 0 Å². The minimum Gasteiger partial charge on any atom is -0.356 e. The van der Waals surface area contributed by atoms with Crippen LogP contribution in [0.25, 0.3) is 49.4 Å². The van der Waals surface area contributed by atoms with Crippen LogP contribution in [0.5, 0.6) is 0 Å². The lowest BCUT2D eigenvalue weighted by molar-refractivity contribution is 0.682. The summed E-state index contributed by atoms with van der Waals surface area (Å²) in [5, 5.41) is 8.79. The summed E-state index contributed by atoms with van der Waals surface area (Å²) >= 11 is 0. The molecule has 1 aromatic heterocycles. The third-order valence-corrected chi connectivity index (χ3v) is 8.56. The Kier molecular flexibility index (Phi) is 5.44. The van der Waals surface area contributed by atoms with Crippen molar-refractivity contribution in [1.29, 1.82) is 0 Å². The van der Waals surface area contributed by atoms with E-state index in [0.29, 0.717) is 0 Å². The van der Waals surface area contributed by atoms with E-state index in [9.17, 15) is 0 Å². The van der Waals surface area contributed by atoms with Gasteiger partial charge in [0.2, 0.25) is 0 Å². The van der Waals surface area contributed by atoms with Crippen molar-refractivity contribution in [3.63, 3.8) is 0 Å².